The fourth-order valence-electron chi connectivity index (χ4n) is 3.51. The van der Waals surface area contributed by atoms with Crippen molar-refractivity contribution in [3.05, 3.63) is 106 Å². The van der Waals surface area contributed by atoms with Gasteiger partial charge < -0.3 is 14.8 Å². The zero-order valence-corrected chi connectivity index (χ0v) is 20.0. The lowest BCUT2D eigenvalue weighted by atomic mass is 10.1. The van der Waals surface area contributed by atoms with E-state index in [2.05, 4.69) is 39.4 Å². The van der Waals surface area contributed by atoms with Crippen molar-refractivity contribution < 1.29 is 14.3 Å². The van der Waals surface area contributed by atoms with Gasteiger partial charge in [-0.25, -0.2) is 0 Å². The van der Waals surface area contributed by atoms with Crippen LogP contribution < -0.4 is 14.8 Å². The first-order valence-electron chi connectivity index (χ1n) is 10.5. The van der Waals surface area contributed by atoms with Crippen molar-refractivity contribution in [1.82, 2.24) is 0 Å². The molecule has 4 aromatic carbocycles. The topological polar surface area (TPSA) is 71.3 Å². The summed E-state index contributed by atoms with van der Waals surface area (Å²) in [5, 5.41) is 14.7. The molecule has 0 bridgehead atoms. The van der Waals surface area contributed by atoms with E-state index in [1.54, 1.807) is 31.4 Å². The number of benzene rings is 4. The highest BCUT2D eigenvalue weighted by Crippen LogP contribution is 2.28. The summed E-state index contributed by atoms with van der Waals surface area (Å²) in [6.07, 6.45) is 1.53. The third-order valence-electron chi connectivity index (χ3n) is 5.25. The van der Waals surface area contributed by atoms with Crippen LogP contribution in [0.1, 0.15) is 11.1 Å². The lowest BCUT2D eigenvalue weighted by Crippen LogP contribution is -2.13. The third kappa shape index (κ3) is 5.45. The Balaban J connectivity index is 1.57. The number of ether oxygens (including phenoxy) is 2. The number of nitrogens with one attached hydrogen (secondary N) is 1. The molecule has 34 heavy (non-hydrogen) atoms. The number of fused-ring (bicyclic) bond motifs is 1. The van der Waals surface area contributed by atoms with Crippen LogP contribution in [0.15, 0.2) is 95.0 Å². The minimum Gasteiger partial charge on any atom is -0.497 e. The molecule has 0 saturated carbocycles. The highest BCUT2D eigenvalue weighted by molar-refractivity contribution is 9.10. The number of carbonyl (C=O) groups is 1. The summed E-state index contributed by atoms with van der Waals surface area (Å²) in [6, 6.07) is 28.6. The molecule has 0 aliphatic rings. The van der Waals surface area contributed by atoms with E-state index in [9.17, 15) is 10.1 Å². The Morgan fingerprint density at radius 1 is 1.03 bits per heavy atom. The molecule has 0 spiro atoms. The molecule has 0 aliphatic heterocycles. The van der Waals surface area contributed by atoms with Crippen LogP contribution in [-0.2, 0) is 11.4 Å². The molecule has 4 aromatic rings. The van der Waals surface area contributed by atoms with E-state index in [4.69, 9.17) is 9.47 Å². The first-order chi connectivity index (χ1) is 16.6. The number of nitrogens with zero attached hydrogens (tertiary/aromatic N) is 1. The van der Waals surface area contributed by atoms with Crippen LogP contribution in [0.2, 0.25) is 0 Å². The molecule has 168 valence electrons. The molecule has 0 atom stereocenters. The van der Waals surface area contributed by atoms with Gasteiger partial charge in [0.25, 0.3) is 5.91 Å². The summed E-state index contributed by atoms with van der Waals surface area (Å²) in [4.78, 5) is 12.7. The molecule has 0 radical (unpaired) electrons. The number of halogens is 1. The van der Waals surface area contributed by atoms with Gasteiger partial charge in [-0.2, -0.15) is 5.26 Å². The molecule has 0 saturated heterocycles. The van der Waals surface area contributed by atoms with Gasteiger partial charge in [-0.3, -0.25) is 4.79 Å². The van der Waals surface area contributed by atoms with Gasteiger partial charge in [-0.15, -0.1) is 0 Å². The largest absolute Gasteiger partial charge is 0.497 e. The van der Waals surface area contributed by atoms with E-state index >= 15 is 0 Å². The molecule has 0 aromatic heterocycles. The quantitative estimate of drug-likeness (QED) is 0.220. The third-order valence-corrected chi connectivity index (χ3v) is 5.74. The molecule has 0 unspecified atom stereocenters. The summed E-state index contributed by atoms with van der Waals surface area (Å²) in [5.41, 5.74) is 2.20. The van der Waals surface area contributed by atoms with Crippen LogP contribution in [0, 0.1) is 11.3 Å². The van der Waals surface area contributed by atoms with Crippen LogP contribution in [0.5, 0.6) is 11.5 Å². The van der Waals surface area contributed by atoms with E-state index in [1.165, 1.54) is 6.08 Å². The summed E-state index contributed by atoms with van der Waals surface area (Å²) in [6.45, 7) is 0.351. The number of carbonyl (C=O) groups excluding carboxylic acids is 1. The Hall–Kier alpha value is -4.08. The standard InChI is InChI=1S/C28H21BrN2O3/c1-33-25-12-10-24(11-13-25)31-28(32)22(17-30)15-21-16-23(29)9-14-27(21)34-18-20-7-4-6-19-5-2-3-8-26(19)20/h2-16H,18H2,1H3,(H,31,32). The van der Waals surface area contributed by atoms with Crippen LogP contribution in [-0.4, -0.2) is 13.0 Å². The first-order valence-corrected chi connectivity index (χ1v) is 11.3. The Morgan fingerprint density at radius 3 is 2.56 bits per heavy atom. The highest BCUT2D eigenvalue weighted by Gasteiger charge is 2.13. The van der Waals surface area contributed by atoms with Gasteiger partial charge >= 0.3 is 0 Å². The zero-order valence-electron chi connectivity index (χ0n) is 18.4. The number of amides is 1. The van der Waals surface area contributed by atoms with Crippen molar-refractivity contribution in [2.45, 2.75) is 6.61 Å². The molecule has 0 heterocycles. The van der Waals surface area contributed by atoms with E-state index in [0.29, 0.717) is 29.4 Å². The lowest BCUT2D eigenvalue weighted by Gasteiger charge is -2.12. The number of anilines is 1. The second kappa shape index (κ2) is 10.7. The minimum atomic E-state index is -0.507. The van der Waals surface area contributed by atoms with Crippen LogP contribution in [0.3, 0.4) is 0 Å². The second-order valence-electron chi connectivity index (χ2n) is 7.46. The van der Waals surface area contributed by atoms with Gasteiger partial charge in [0.15, 0.2) is 0 Å². The van der Waals surface area contributed by atoms with E-state index in [0.717, 1.165) is 20.8 Å². The fourth-order valence-corrected chi connectivity index (χ4v) is 3.89. The van der Waals surface area contributed by atoms with E-state index in [-0.39, 0.29) is 5.57 Å². The molecule has 1 amide bonds. The van der Waals surface area contributed by atoms with Gasteiger partial charge in [0, 0.05) is 15.7 Å². The van der Waals surface area contributed by atoms with Crippen molar-refractivity contribution >= 4 is 44.4 Å². The normalized spacial score (nSPS) is 11.0. The molecule has 1 N–H and O–H groups in total. The van der Waals surface area contributed by atoms with Crippen LogP contribution >= 0.6 is 15.9 Å². The molecule has 4 rings (SSSR count). The van der Waals surface area contributed by atoms with Gasteiger partial charge in [0.1, 0.15) is 29.7 Å². The predicted molar refractivity (Wildman–Crippen MR) is 138 cm³/mol. The maximum Gasteiger partial charge on any atom is 0.266 e. The Labute approximate surface area is 206 Å². The summed E-state index contributed by atoms with van der Waals surface area (Å²) in [7, 11) is 1.57. The zero-order chi connectivity index (χ0) is 23.9. The maximum atomic E-state index is 12.7. The lowest BCUT2D eigenvalue weighted by molar-refractivity contribution is -0.112. The number of methoxy groups -OCH3 is 1. The smallest absolute Gasteiger partial charge is 0.266 e. The van der Waals surface area contributed by atoms with Crippen molar-refractivity contribution in [2.75, 3.05) is 12.4 Å². The predicted octanol–water partition coefficient (Wildman–Crippen LogP) is 6.74. The van der Waals surface area contributed by atoms with Crippen LogP contribution in [0.25, 0.3) is 16.8 Å². The summed E-state index contributed by atoms with van der Waals surface area (Å²) >= 11 is 3.46. The van der Waals surface area contributed by atoms with E-state index in [1.807, 2.05) is 48.5 Å². The van der Waals surface area contributed by atoms with Gasteiger partial charge in [0.05, 0.1) is 7.11 Å². The number of nitriles is 1. The van der Waals surface area contributed by atoms with E-state index < -0.39 is 5.91 Å². The van der Waals surface area contributed by atoms with Crippen molar-refractivity contribution in [2.24, 2.45) is 0 Å². The monoisotopic (exact) mass is 512 g/mol. The van der Waals surface area contributed by atoms with Crippen LogP contribution in [0.4, 0.5) is 5.69 Å². The SMILES string of the molecule is COc1ccc(NC(=O)C(C#N)=Cc2cc(Br)ccc2OCc2cccc3ccccc23)cc1. The van der Waals surface area contributed by atoms with Crippen molar-refractivity contribution in [1.29, 1.82) is 5.26 Å². The molecule has 5 nitrogen and oxygen atoms in total. The Kier molecular flexibility index (Phi) is 7.26. The van der Waals surface area contributed by atoms with Gasteiger partial charge in [-0.05, 0) is 64.9 Å². The van der Waals surface area contributed by atoms with Gasteiger partial charge in [0.2, 0.25) is 0 Å². The Morgan fingerprint density at radius 2 is 1.79 bits per heavy atom. The number of hydrogen-bond acceptors (Lipinski definition) is 4. The van der Waals surface area contributed by atoms with Crippen molar-refractivity contribution in [3.8, 4) is 17.6 Å². The number of rotatable bonds is 7. The molecular weight excluding hydrogens is 492 g/mol. The van der Waals surface area contributed by atoms with Crippen molar-refractivity contribution in [3.63, 3.8) is 0 Å². The first kappa shape index (κ1) is 23.1. The molecule has 0 fully saturated rings. The maximum absolute atomic E-state index is 12.7. The Bertz CT molecular complexity index is 1400. The molecular formula is C28H21BrN2O3. The average Bonchev–Trinajstić information content (AvgIpc) is 2.87. The number of hydrogen-bond donors (Lipinski definition) is 1. The summed E-state index contributed by atoms with van der Waals surface area (Å²) < 4.78 is 12.1. The minimum absolute atomic E-state index is 0.0380. The average molecular weight is 513 g/mol. The highest BCUT2D eigenvalue weighted by atomic mass is 79.9. The fraction of sp³-hybridized carbons (Fsp3) is 0.0714. The van der Waals surface area contributed by atoms with Gasteiger partial charge in [-0.1, -0.05) is 58.4 Å². The molecule has 0 aliphatic carbocycles. The summed E-state index contributed by atoms with van der Waals surface area (Å²) in [5.74, 6) is 0.741. The second-order valence-corrected chi connectivity index (χ2v) is 8.38. The molecule has 6 heteroatoms.